The normalized spacial score (nSPS) is 10.4. The molecular weight excluding hydrogens is 216 g/mol. The Labute approximate surface area is 102 Å². The third-order valence-electron chi connectivity index (χ3n) is 2.81. The van der Waals surface area contributed by atoms with Crippen LogP contribution >= 0.6 is 0 Å². The van der Waals surface area contributed by atoms with Gasteiger partial charge in [-0.05, 0) is 18.6 Å². The van der Waals surface area contributed by atoms with Crippen LogP contribution in [0.15, 0.2) is 18.2 Å². The molecule has 0 spiro atoms. The van der Waals surface area contributed by atoms with E-state index in [0.717, 1.165) is 25.7 Å². The van der Waals surface area contributed by atoms with Crippen LogP contribution in [0.4, 0.5) is 0 Å². The summed E-state index contributed by atoms with van der Waals surface area (Å²) in [6.07, 6.45) is 4.89. The van der Waals surface area contributed by atoms with Crippen molar-refractivity contribution in [3.63, 3.8) is 0 Å². The van der Waals surface area contributed by atoms with Gasteiger partial charge in [0.2, 0.25) is 0 Å². The molecule has 0 unspecified atom stereocenters. The molecule has 1 aromatic carbocycles. The predicted molar refractivity (Wildman–Crippen MR) is 67.2 cm³/mol. The lowest BCUT2D eigenvalue weighted by Gasteiger charge is -2.06. The molecule has 1 aromatic rings. The van der Waals surface area contributed by atoms with Crippen LogP contribution < -0.4 is 0 Å². The number of Topliss-reactive ketones (excluding diaryl/α,β-unsaturated/α-hetero) is 1. The zero-order chi connectivity index (χ0) is 12.7. The van der Waals surface area contributed by atoms with Crippen LogP contribution in [0.1, 0.15) is 44.6 Å². The molecular formula is C14H20O3. The molecule has 2 N–H and O–H groups in total. The van der Waals surface area contributed by atoms with Gasteiger partial charge in [-0.3, -0.25) is 4.79 Å². The standard InChI is InChI=1S/C14H20O3/c1-2-3-4-5-7-11(15)10-12-13(16)8-6-9-14(12)17/h6,8-9,16-17H,2-5,7,10H2,1H3. The van der Waals surface area contributed by atoms with Crippen molar-refractivity contribution in [3.8, 4) is 11.5 Å². The van der Waals surface area contributed by atoms with Crippen LogP contribution in [0.5, 0.6) is 11.5 Å². The van der Waals surface area contributed by atoms with Gasteiger partial charge in [-0.25, -0.2) is 0 Å². The highest BCUT2D eigenvalue weighted by atomic mass is 16.3. The molecule has 0 radical (unpaired) electrons. The average Bonchev–Trinajstić information content (AvgIpc) is 2.30. The zero-order valence-electron chi connectivity index (χ0n) is 10.3. The Bertz CT molecular complexity index is 351. The number of ketones is 1. The van der Waals surface area contributed by atoms with E-state index >= 15 is 0 Å². The number of hydrogen-bond acceptors (Lipinski definition) is 3. The molecule has 0 amide bonds. The van der Waals surface area contributed by atoms with E-state index in [-0.39, 0.29) is 23.7 Å². The molecule has 0 bridgehead atoms. The summed E-state index contributed by atoms with van der Waals surface area (Å²) in [7, 11) is 0. The fourth-order valence-electron chi connectivity index (χ4n) is 1.78. The van der Waals surface area contributed by atoms with E-state index in [1.54, 1.807) is 6.07 Å². The summed E-state index contributed by atoms with van der Waals surface area (Å²) in [4.78, 5) is 11.7. The molecule has 3 heteroatoms. The smallest absolute Gasteiger partial charge is 0.137 e. The number of carbonyl (C=O) groups excluding carboxylic acids is 1. The van der Waals surface area contributed by atoms with E-state index in [4.69, 9.17) is 0 Å². The molecule has 0 fully saturated rings. The van der Waals surface area contributed by atoms with E-state index < -0.39 is 0 Å². The van der Waals surface area contributed by atoms with E-state index in [1.807, 2.05) is 0 Å². The Morgan fingerprint density at radius 1 is 1.12 bits per heavy atom. The van der Waals surface area contributed by atoms with Gasteiger partial charge in [0, 0.05) is 18.4 Å². The summed E-state index contributed by atoms with van der Waals surface area (Å²) < 4.78 is 0. The Hall–Kier alpha value is -1.51. The van der Waals surface area contributed by atoms with Crippen LogP contribution in [0, 0.1) is 0 Å². The lowest BCUT2D eigenvalue weighted by atomic mass is 10.0. The van der Waals surface area contributed by atoms with Crippen LogP contribution in [0.3, 0.4) is 0 Å². The van der Waals surface area contributed by atoms with Crippen molar-refractivity contribution in [1.29, 1.82) is 0 Å². The summed E-state index contributed by atoms with van der Waals surface area (Å²) in [5.41, 5.74) is 0.341. The van der Waals surface area contributed by atoms with Gasteiger partial charge >= 0.3 is 0 Å². The van der Waals surface area contributed by atoms with E-state index in [2.05, 4.69) is 6.92 Å². The van der Waals surface area contributed by atoms with Crippen molar-refractivity contribution in [3.05, 3.63) is 23.8 Å². The second kappa shape index (κ2) is 6.94. The molecule has 0 aliphatic carbocycles. The Kier molecular flexibility index (Phi) is 5.53. The fourth-order valence-corrected chi connectivity index (χ4v) is 1.78. The first-order valence-corrected chi connectivity index (χ1v) is 6.16. The number of carbonyl (C=O) groups is 1. The van der Waals surface area contributed by atoms with Gasteiger partial charge in [0.25, 0.3) is 0 Å². The number of hydrogen-bond donors (Lipinski definition) is 2. The Morgan fingerprint density at radius 2 is 1.76 bits per heavy atom. The first-order chi connectivity index (χ1) is 8.15. The number of benzene rings is 1. The average molecular weight is 236 g/mol. The number of unbranched alkanes of at least 4 members (excludes halogenated alkanes) is 3. The highest BCUT2D eigenvalue weighted by Gasteiger charge is 2.11. The number of phenolic OH excluding ortho intramolecular Hbond substituents is 2. The third-order valence-corrected chi connectivity index (χ3v) is 2.81. The van der Waals surface area contributed by atoms with Crippen LogP contribution in [-0.2, 0) is 11.2 Å². The van der Waals surface area contributed by atoms with Gasteiger partial charge in [0.1, 0.15) is 17.3 Å². The van der Waals surface area contributed by atoms with Crippen LogP contribution in [0.2, 0.25) is 0 Å². The number of aromatic hydroxyl groups is 2. The summed E-state index contributed by atoms with van der Waals surface area (Å²) in [5, 5.41) is 19.1. The highest BCUT2D eigenvalue weighted by Crippen LogP contribution is 2.27. The van der Waals surface area contributed by atoms with Crippen LogP contribution in [0.25, 0.3) is 0 Å². The predicted octanol–water partition coefficient (Wildman–Crippen LogP) is 3.18. The minimum Gasteiger partial charge on any atom is -0.508 e. The molecule has 0 aliphatic rings. The topological polar surface area (TPSA) is 57.5 Å². The summed E-state index contributed by atoms with van der Waals surface area (Å²) in [5.74, 6) is 0.0525. The first-order valence-electron chi connectivity index (χ1n) is 6.16. The van der Waals surface area contributed by atoms with Crippen molar-refractivity contribution in [2.24, 2.45) is 0 Å². The van der Waals surface area contributed by atoms with Crippen molar-refractivity contribution in [2.75, 3.05) is 0 Å². The van der Waals surface area contributed by atoms with Crippen molar-refractivity contribution < 1.29 is 15.0 Å². The lowest BCUT2D eigenvalue weighted by Crippen LogP contribution is -2.03. The highest BCUT2D eigenvalue weighted by molar-refractivity contribution is 5.82. The lowest BCUT2D eigenvalue weighted by molar-refractivity contribution is -0.118. The number of rotatable bonds is 7. The Morgan fingerprint density at radius 3 is 2.35 bits per heavy atom. The summed E-state index contributed by atoms with van der Waals surface area (Å²) in [6.45, 7) is 2.13. The first kappa shape index (κ1) is 13.6. The molecule has 0 heterocycles. The second-order valence-corrected chi connectivity index (χ2v) is 4.30. The quantitative estimate of drug-likeness (QED) is 0.715. The fraction of sp³-hybridized carbons (Fsp3) is 0.500. The van der Waals surface area contributed by atoms with Gasteiger partial charge in [-0.2, -0.15) is 0 Å². The van der Waals surface area contributed by atoms with Gasteiger partial charge in [-0.15, -0.1) is 0 Å². The minimum absolute atomic E-state index is 0.00749. The van der Waals surface area contributed by atoms with E-state index in [0.29, 0.717) is 12.0 Å². The maximum absolute atomic E-state index is 11.7. The largest absolute Gasteiger partial charge is 0.508 e. The van der Waals surface area contributed by atoms with Gasteiger partial charge in [0.15, 0.2) is 0 Å². The van der Waals surface area contributed by atoms with E-state index in [1.165, 1.54) is 12.1 Å². The van der Waals surface area contributed by atoms with E-state index in [9.17, 15) is 15.0 Å². The molecule has 0 atom stereocenters. The SMILES string of the molecule is CCCCCCC(=O)Cc1c(O)cccc1O. The molecule has 17 heavy (non-hydrogen) atoms. The third kappa shape index (κ3) is 4.47. The van der Waals surface area contributed by atoms with Gasteiger partial charge in [0.05, 0.1) is 0 Å². The molecule has 0 aromatic heterocycles. The minimum atomic E-state index is -0.00749. The zero-order valence-corrected chi connectivity index (χ0v) is 10.3. The maximum atomic E-state index is 11.7. The van der Waals surface area contributed by atoms with Gasteiger partial charge in [-0.1, -0.05) is 32.3 Å². The van der Waals surface area contributed by atoms with Crippen LogP contribution in [-0.4, -0.2) is 16.0 Å². The Balaban J connectivity index is 2.45. The molecule has 0 saturated heterocycles. The van der Waals surface area contributed by atoms with Crippen molar-refractivity contribution in [2.45, 2.75) is 45.4 Å². The van der Waals surface area contributed by atoms with Crippen molar-refractivity contribution >= 4 is 5.78 Å². The van der Waals surface area contributed by atoms with Gasteiger partial charge < -0.3 is 10.2 Å². The number of phenols is 2. The summed E-state index contributed by atoms with van der Waals surface area (Å²) >= 11 is 0. The maximum Gasteiger partial charge on any atom is 0.137 e. The molecule has 3 nitrogen and oxygen atoms in total. The molecule has 94 valence electrons. The molecule has 0 aliphatic heterocycles. The molecule has 0 saturated carbocycles. The monoisotopic (exact) mass is 236 g/mol. The molecule has 1 rings (SSSR count). The summed E-state index contributed by atoms with van der Waals surface area (Å²) in [6, 6.07) is 4.53. The van der Waals surface area contributed by atoms with Crippen molar-refractivity contribution in [1.82, 2.24) is 0 Å². The second-order valence-electron chi connectivity index (χ2n) is 4.30.